The lowest BCUT2D eigenvalue weighted by Crippen LogP contribution is -1.91. The molecule has 0 saturated heterocycles. The molecule has 22 heavy (non-hydrogen) atoms. The van der Waals surface area contributed by atoms with E-state index in [9.17, 15) is 0 Å². The normalized spacial score (nSPS) is 10.5. The molecule has 0 aliphatic rings. The summed E-state index contributed by atoms with van der Waals surface area (Å²) in [6.07, 6.45) is 0. The van der Waals surface area contributed by atoms with Crippen molar-refractivity contribution >= 4 is 34.0 Å². The summed E-state index contributed by atoms with van der Waals surface area (Å²) in [4.78, 5) is 0. The van der Waals surface area contributed by atoms with Crippen LogP contribution in [0.2, 0.25) is 0 Å². The molecule has 0 aromatic heterocycles. The molecule has 2 heteroatoms. The molecule has 110 valence electrons. The molecule has 0 spiro atoms. The average Bonchev–Trinajstić information content (AvgIpc) is 2.53. The number of hydrogen-bond acceptors (Lipinski definition) is 1. The summed E-state index contributed by atoms with van der Waals surface area (Å²) in [7, 11) is 0. The summed E-state index contributed by atoms with van der Waals surface area (Å²) in [6.45, 7) is 4.27. The van der Waals surface area contributed by atoms with E-state index in [0.717, 1.165) is 11.4 Å². The molecule has 0 aliphatic carbocycles. The second-order valence-electron chi connectivity index (χ2n) is 5.51. The van der Waals surface area contributed by atoms with Gasteiger partial charge in [0.2, 0.25) is 0 Å². The van der Waals surface area contributed by atoms with Crippen LogP contribution in [0.15, 0.2) is 66.7 Å². The van der Waals surface area contributed by atoms with Gasteiger partial charge in [-0.25, -0.2) is 0 Å². The minimum atomic E-state index is 1.11. The van der Waals surface area contributed by atoms with Crippen LogP contribution in [0.25, 0.3) is 11.1 Å². The van der Waals surface area contributed by atoms with Crippen LogP contribution < -0.4 is 5.32 Å². The van der Waals surface area contributed by atoms with Crippen LogP contribution in [0.3, 0.4) is 0 Å². The second kappa shape index (κ2) is 6.53. The molecule has 1 N–H and O–H groups in total. The van der Waals surface area contributed by atoms with E-state index in [1.54, 1.807) is 0 Å². The zero-order chi connectivity index (χ0) is 15.5. The predicted octanol–water partition coefficient (Wildman–Crippen LogP) is 6.32. The smallest absolute Gasteiger partial charge is 0.0387 e. The van der Waals surface area contributed by atoms with Gasteiger partial charge in [-0.15, -0.1) is 0 Å². The summed E-state index contributed by atoms with van der Waals surface area (Å²) in [5.41, 5.74) is 7.35. The molecule has 3 rings (SSSR count). The highest BCUT2D eigenvalue weighted by Crippen LogP contribution is 2.24. The Morgan fingerprint density at radius 1 is 0.636 bits per heavy atom. The van der Waals surface area contributed by atoms with Crippen molar-refractivity contribution in [3.8, 4) is 11.1 Å². The third-order valence-corrected chi connectivity index (χ3v) is 4.58. The molecule has 3 aromatic rings. The molecule has 0 unspecified atom stereocenters. The van der Waals surface area contributed by atoms with Crippen molar-refractivity contribution in [3.63, 3.8) is 0 Å². The first-order valence-corrected chi connectivity index (χ1v) is 8.40. The maximum atomic E-state index is 3.46. The number of aryl methyl sites for hydroxylation is 2. The highest BCUT2D eigenvalue weighted by molar-refractivity contribution is 14.1. The Labute approximate surface area is 145 Å². The minimum Gasteiger partial charge on any atom is -0.356 e. The lowest BCUT2D eigenvalue weighted by Gasteiger charge is -2.10. The van der Waals surface area contributed by atoms with E-state index in [4.69, 9.17) is 0 Å². The lowest BCUT2D eigenvalue weighted by molar-refractivity contribution is 1.34. The summed E-state index contributed by atoms with van der Waals surface area (Å²) in [5.74, 6) is 0. The van der Waals surface area contributed by atoms with Gasteiger partial charge in [-0.3, -0.25) is 0 Å². The Hall–Kier alpha value is -1.81. The van der Waals surface area contributed by atoms with E-state index >= 15 is 0 Å². The number of anilines is 2. The van der Waals surface area contributed by atoms with E-state index in [0.29, 0.717) is 0 Å². The first-order valence-electron chi connectivity index (χ1n) is 7.32. The van der Waals surface area contributed by atoms with Crippen LogP contribution in [0.1, 0.15) is 11.1 Å². The van der Waals surface area contributed by atoms with Crippen molar-refractivity contribution in [3.05, 3.63) is 81.4 Å². The van der Waals surface area contributed by atoms with Crippen molar-refractivity contribution < 1.29 is 0 Å². The van der Waals surface area contributed by atoms with Gasteiger partial charge in [0, 0.05) is 14.9 Å². The van der Waals surface area contributed by atoms with Gasteiger partial charge in [0.15, 0.2) is 0 Å². The van der Waals surface area contributed by atoms with Gasteiger partial charge < -0.3 is 5.32 Å². The van der Waals surface area contributed by atoms with E-state index in [-0.39, 0.29) is 0 Å². The van der Waals surface area contributed by atoms with Gasteiger partial charge in [0.05, 0.1) is 0 Å². The summed E-state index contributed by atoms with van der Waals surface area (Å²) >= 11 is 2.33. The third kappa shape index (κ3) is 3.50. The Morgan fingerprint density at radius 2 is 1.18 bits per heavy atom. The first-order chi connectivity index (χ1) is 10.6. The van der Waals surface area contributed by atoms with Crippen LogP contribution in [0.5, 0.6) is 0 Å². The fourth-order valence-corrected chi connectivity index (χ4v) is 2.73. The van der Waals surface area contributed by atoms with Crippen LogP contribution in [0.4, 0.5) is 11.4 Å². The topological polar surface area (TPSA) is 12.0 Å². The Bertz CT molecular complexity index is 774. The Morgan fingerprint density at radius 3 is 1.77 bits per heavy atom. The van der Waals surface area contributed by atoms with Crippen molar-refractivity contribution in [1.29, 1.82) is 0 Å². The Balaban J connectivity index is 1.79. The van der Waals surface area contributed by atoms with Crippen LogP contribution in [-0.4, -0.2) is 0 Å². The lowest BCUT2D eigenvalue weighted by atomic mass is 10.1. The first kappa shape index (κ1) is 15.1. The highest BCUT2D eigenvalue weighted by atomic mass is 127. The molecule has 0 aliphatic heterocycles. The Kier molecular flexibility index (Phi) is 4.48. The van der Waals surface area contributed by atoms with Gasteiger partial charge in [-0.2, -0.15) is 0 Å². The molecule has 0 heterocycles. The molecule has 1 nitrogen and oxygen atoms in total. The van der Waals surface area contributed by atoms with Gasteiger partial charge in [0.25, 0.3) is 0 Å². The van der Waals surface area contributed by atoms with E-state index < -0.39 is 0 Å². The second-order valence-corrected chi connectivity index (χ2v) is 6.75. The third-order valence-electron chi connectivity index (χ3n) is 3.86. The zero-order valence-electron chi connectivity index (χ0n) is 12.7. The van der Waals surface area contributed by atoms with E-state index in [1.807, 2.05) is 0 Å². The number of rotatable bonds is 3. The largest absolute Gasteiger partial charge is 0.356 e. The average molecular weight is 399 g/mol. The molecule has 0 saturated carbocycles. The SMILES string of the molecule is Cc1ccc(Nc2ccc(-c3ccc(I)cc3)cc2)cc1C. The molecule has 0 bridgehead atoms. The number of benzene rings is 3. The summed E-state index contributed by atoms with van der Waals surface area (Å²) in [5, 5.41) is 3.46. The molecule has 3 aromatic carbocycles. The quantitative estimate of drug-likeness (QED) is 0.509. The van der Waals surface area contributed by atoms with Crippen molar-refractivity contribution in [2.75, 3.05) is 5.32 Å². The minimum absolute atomic E-state index is 1.11. The summed E-state index contributed by atoms with van der Waals surface area (Å²) < 4.78 is 1.26. The van der Waals surface area contributed by atoms with E-state index in [1.165, 1.54) is 25.8 Å². The molecule has 0 atom stereocenters. The van der Waals surface area contributed by atoms with Crippen molar-refractivity contribution in [2.45, 2.75) is 13.8 Å². The maximum absolute atomic E-state index is 3.46. The van der Waals surface area contributed by atoms with Gasteiger partial charge >= 0.3 is 0 Å². The standard InChI is InChI=1S/C20H18IN/c1-14-3-10-20(13-15(14)2)22-19-11-6-17(7-12-19)16-4-8-18(21)9-5-16/h3-13,22H,1-2H3. The zero-order valence-corrected chi connectivity index (χ0v) is 14.9. The van der Waals surface area contributed by atoms with Gasteiger partial charge in [-0.05, 0) is 95.1 Å². The maximum Gasteiger partial charge on any atom is 0.0387 e. The number of nitrogens with one attached hydrogen (secondary N) is 1. The highest BCUT2D eigenvalue weighted by Gasteiger charge is 2.00. The monoisotopic (exact) mass is 399 g/mol. The fourth-order valence-electron chi connectivity index (χ4n) is 2.37. The number of hydrogen-bond donors (Lipinski definition) is 1. The van der Waals surface area contributed by atoms with Crippen molar-refractivity contribution in [2.24, 2.45) is 0 Å². The predicted molar refractivity (Wildman–Crippen MR) is 104 cm³/mol. The summed E-state index contributed by atoms with van der Waals surface area (Å²) in [6, 6.07) is 23.6. The fraction of sp³-hybridized carbons (Fsp3) is 0.100. The molecular formula is C20H18IN. The van der Waals surface area contributed by atoms with Crippen LogP contribution >= 0.6 is 22.6 Å². The van der Waals surface area contributed by atoms with Crippen molar-refractivity contribution in [1.82, 2.24) is 0 Å². The van der Waals surface area contributed by atoms with Gasteiger partial charge in [0.1, 0.15) is 0 Å². The van der Waals surface area contributed by atoms with Gasteiger partial charge in [-0.1, -0.05) is 30.3 Å². The van der Waals surface area contributed by atoms with Crippen LogP contribution in [0, 0.1) is 17.4 Å². The number of halogens is 1. The molecule has 0 radical (unpaired) electrons. The molecule has 0 amide bonds. The van der Waals surface area contributed by atoms with E-state index in [2.05, 4.69) is 108 Å². The van der Waals surface area contributed by atoms with Crippen LogP contribution in [-0.2, 0) is 0 Å². The molecule has 0 fully saturated rings. The molecular weight excluding hydrogens is 381 g/mol.